The lowest BCUT2D eigenvalue weighted by atomic mass is 10.1. The van der Waals surface area contributed by atoms with Crippen molar-refractivity contribution in [1.82, 2.24) is 14.9 Å². The van der Waals surface area contributed by atoms with Crippen LogP contribution in [0.3, 0.4) is 0 Å². The molecule has 28 heavy (non-hydrogen) atoms. The molecule has 4 rings (SSSR count). The van der Waals surface area contributed by atoms with Crippen molar-refractivity contribution < 1.29 is 18.0 Å². The lowest BCUT2D eigenvalue weighted by molar-refractivity contribution is -0.130. The summed E-state index contributed by atoms with van der Waals surface area (Å²) in [6.45, 7) is 0.836. The predicted molar refractivity (Wildman–Crippen MR) is 104 cm³/mol. The van der Waals surface area contributed by atoms with Crippen LogP contribution in [0.2, 0.25) is 0 Å². The Morgan fingerprint density at radius 3 is 2.39 bits per heavy atom. The van der Waals surface area contributed by atoms with Gasteiger partial charge in [0.15, 0.2) is 0 Å². The Morgan fingerprint density at radius 2 is 1.75 bits per heavy atom. The zero-order chi connectivity index (χ0) is 19.7. The fourth-order valence-electron chi connectivity index (χ4n) is 4.08. The third-order valence-corrected chi connectivity index (χ3v) is 7.43. The first-order valence-corrected chi connectivity index (χ1v) is 11.6. The highest BCUT2D eigenvalue weighted by atomic mass is 32.2. The lowest BCUT2D eigenvalue weighted by Crippen LogP contribution is -2.36. The molecular formula is C20H27N3O4S. The number of rotatable bonds is 7. The summed E-state index contributed by atoms with van der Waals surface area (Å²) in [5, 5.41) is 2.89. The highest BCUT2D eigenvalue weighted by molar-refractivity contribution is 7.89. The van der Waals surface area contributed by atoms with Gasteiger partial charge in [0.1, 0.15) is 0 Å². The first-order valence-electron chi connectivity index (χ1n) is 10.1. The van der Waals surface area contributed by atoms with Crippen molar-refractivity contribution in [2.45, 2.75) is 68.5 Å². The Hall–Kier alpha value is -1.93. The molecule has 3 aliphatic rings. The van der Waals surface area contributed by atoms with Crippen molar-refractivity contribution in [1.29, 1.82) is 0 Å². The highest BCUT2D eigenvalue weighted by Gasteiger charge is 2.38. The molecule has 2 amide bonds. The lowest BCUT2D eigenvalue weighted by Gasteiger charge is -2.23. The molecule has 0 spiro atoms. The molecule has 1 aromatic carbocycles. The molecule has 1 aromatic rings. The maximum atomic E-state index is 12.5. The molecule has 1 aliphatic heterocycles. The number of nitrogens with one attached hydrogen (secondary N) is 2. The molecule has 2 aliphatic carbocycles. The number of likely N-dealkylation sites (tertiary alicyclic amines) is 1. The van der Waals surface area contributed by atoms with Crippen molar-refractivity contribution in [2.24, 2.45) is 5.92 Å². The van der Waals surface area contributed by atoms with Crippen molar-refractivity contribution >= 4 is 21.8 Å². The van der Waals surface area contributed by atoms with Crippen LogP contribution in [-0.4, -0.2) is 43.8 Å². The van der Waals surface area contributed by atoms with Crippen LogP contribution in [0, 0.1) is 5.92 Å². The van der Waals surface area contributed by atoms with E-state index in [4.69, 9.17) is 0 Å². The van der Waals surface area contributed by atoms with Gasteiger partial charge in [0.2, 0.25) is 21.8 Å². The van der Waals surface area contributed by atoms with E-state index in [1.165, 1.54) is 0 Å². The molecular weight excluding hydrogens is 378 g/mol. The van der Waals surface area contributed by atoms with E-state index in [1.54, 1.807) is 24.3 Å². The Bertz CT molecular complexity index is 843. The van der Waals surface area contributed by atoms with Gasteiger partial charge in [0, 0.05) is 31.6 Å². The quantitative estimate of drug-likeness (QED) is 0.719. The molecule has 1 heterocycles. The number of benzene rings is 1. The molecule has 3 fully saturated rings. The molecule has 1 saturated heterocycles. The van der Waals surface area contributed by atoms with Gasteiger partial charge in [-0.05, 0) is 43.4 Å². The van der Waals surface area contributed by atoms with Crippen LogP contribution in [-0.2, 0) is 26.2 Å². The van der Waals surface area contributed by atoms with Crippen LogP contribution in [0.5, 0.6) is 0 Å². The van der Waals surface area contributed by atoms with Gasteiger partial charge in [-0.3, -0.25) is 9.59 Å². The minimum atomic E-state index is -3.46. The standard InChI is InChI=1S/C20H27N3O4S/c24-19-11-15(13-23(19)17-3-1-2-4-17)20(25)21-12-14-5-9-18(10-6-14)28(26,27)22-16-7-8-16/h5-6,9-10,15-17,22H,1-4,7-8,11-13H2,(H,21,25). The van der Waals surface area contributed by atoms with E-state index in [-0.39, 0.29) is 35.1 Å². The molecule has 2 N–H and O–H groups in total. The Morgan fingerprint density at radius 1 is 1.07 bits per heavy atom. The van der Waals surface area contributed by atoms with Crippen LogP contribution >= 0.6 is 0 Å². The van der Waals surface area contributed by atoms with Crippen molar-refractivity contribution in [3.8, 4) is 0 Å². The Kier molecular flexibility index (Phi) is 5.42. The molecule has 7 nitrogen and oxygen atoms in total. The van der Waals surface area contributed by atoms with E-state index in [0.717, 1.165) is 44.1 Å². The fourth-order valence-corrected chi connectivity index (χ4v) is 5.39. The SMILES string of the molecule is O=C(NCc1ccc(S(=O)(=O)NC2CC2)cc1)C1CC(=O)N(C2CCCC2)C1. The number of hydrogen-bond acceptors (Lipinski definition) is 4. The van der Waals surface area contributed by atoms with E-state index < -0.39 is 10.0 Å². The molecule has 1 unspecified atom stereocenters. The minimum absolute atomic E-state index is 0.0712. The van der Waals surface area contributed by atoms with Gasteiger partial charge in [-0.1, -0.05) is 25.0 Å². The van der Waals surface area contributed by atoms with Crippen LogP contribution in [0.1, 0.15) is 50.5 Å². The second kappa shape index (κ2) is 7.83. The number of nitrogens with zero attached hydrogens (tertiary/aromatic N) is 1. The van der Waals surface area contributed by atoms with Crippen molar-refractivity contribution in [3.05, 3.63) is 29.8 Å². The third-order valence-electron chi connectivity index (χ3n) is 5.89. The van der Waals surface area contributed by atoms with Crippen molar-refractivity contribution in [3.63, 3.8) is 0 Å². The predicted octanol–water partition coefficient (Wildman–Crippen LogP) is 1.53. The number of sulfonamides is 1. The van der Waals surface area contributed by atoms with Crippen LogP contribution in [0.25, 0.3) is 0 Å². The topological polar surface area (TPSA) is 95.6 Å². The first kappa shape index (κ1) is 19.4. The number of hydrogen-bond donors (Lipinski definition) is 2. The zero-order valence-electron chi connectivity index (χ0n) is 15.9. The van der Waals surface area contributed by atoms with Crippen molar-refractivity contribution in [2.75, 3.05) is 6.54 Å². The molecule has 0 radical (unpaired) electrons. The summed E-state index contributed by atoms with van der Waals surface area (Å²) in [4.78, 5) is 26.9. The maximum Gasteiger partial charge on any atom is 0.240 e. The van der Waals surface area contributed by atoms with E-state index >= 15 is 0 Å². The molecule has 0 bridgehead atoms. The molecule has 2 saturated carbocycles. The normalized spacial score (nSPS) is 23.4. The average Bonchev–Trinajstić information content (AvgIpc) is 3.16. The largest absolute Gasteiger partial charge is 0.352 e. The van der Waals surface area contributed by atoms with Gasteiger partial charge < -0.3 is 10.2 Å². The summed E-state index contributed by atoms with van der Waals surface area (Å²) in [6.07, 6.45) is 6.49. The summed E-state index contributed by atoms with van der Waals surface area (Å²) >= 11 is 0. The number of amides is 2. The molecule has 1 atom stereocenters. The van der Waals surface area contributed by atoms with Gasteiger partial charge >= 0.3 is 0 Å². The maximum absolute atomic E-state index is 12.5. The van der Waals surface area contributed by atoms with Gasteiger partial charge in [-0.15, -0.1) is 0 Å². The van der Waals surface area contributed by atoms with Crippen LogP contribution in [0.15, 0.2) is 29.2 Å². The number of carbonyl (C=O) groups excluding carboxylic acids is 2. The summed E-state index contributed by atoms with van der Waals surface area (Å²) in [6, 6.07) is 6.94. The van der Waals surface area contributed by atoms with E-state index in [2.05, 4.69) is 10.0 Å². The second-order valence-corrected chi connectivity index (χ2v) is 9.86. The smallest absolute Gasteiger partial charge is 0.240 e. The van der Waals surface area contributed by atoms with E-state index in [1.807, 2.05) is 4.90 Å². The zero-order valence-corrected chi connectivity index (χ0v) is 16.7. The summed E-state index contributed by atoms with van der Waals surface area (Å²) in [7, 11) is -3.46. The van der Waals surface area contributed by atoms with E-state index in [0.29, 0.717) is 19.1 Å². The summed E-state index contributed by atoms with van der Waals surface area (Å²) < 4.78 is 27.0. The Balaban J connectivity index is 1.29. The Labute approximate surface area is 165 Å². The number of carbonyl (C=O) groups is 2. The molecule has 8 heteroatoms. The van der Waals surface area contributed by atoms with Gasteiger partial charge in [-0.2, -0.15) is 0 Å². The molecule has 152 valence electrons. The van der Waals surface area contributed by atoms with Crippen LogP contribution < -0.4 is 10.0 Å². The van der Waals surface area contributed by atoms with E-state index in [9.17, 15) is 18.0 Å². The van der Waals surface area contributed by atoms with Gasteiger partial charge in [0.05, 0.1) is 10.8 Å². The molecule has 0 aromatic heterocycles. The average molecular weight is 406 g/mol. The third kappa shape index (κ3) is 4.38. The van der Waals surface area contributed by atoms with Gasteiger partial charge in [0.25, 0.3) is 0 Å². The van der Waals surface area contributed by atoms with Crippen LogP contribution in [0.4, 0.5) is 0 Å². The second-order valence-electron chi connectivity index (χ2n) is 8.14. The van der Waals surface area contributed by atoms with Gasteiger partial charge in [-0.25, -0.2) is 13.1 Å². The minimum Gasteiger partial charge on any atom is -0.352 e. The summed E-state index contributed by atoms with van der Waals surface area (Å²) in [5.41, 5.74) is 0.829. The monoisotopic (exact) mass is 405 g/mol. The summed E-state index contributed by atoms with van der Waals surface area (Å²) in [5.74, 6) is -0.318. The highest BCUT2D eigenvalue weighted by Crippen LogP contribution is 2.29. The first-order chi connectivity index (χ1) is 13.4. The fraction of sp³-hybridized carbons (Fsp3) is 0.600.